The molecule has 0 saturated carbocycles. The summed E-state index contributed by atoms with van der Waals surface area (Å²) in [5.74, 6) is 1.16. The summed E-state index contributed by atoms with van der Waals surface area (Å²) in [4.78, 5) is 10.6. The van der Waals surface area contributed by atoms with Crippen molar-refractivity contribution in [3.63, 3.8) is 0 Å². The Labute approximate surface area is 130 Å². The number of nitro benzene ring substituents is 1. The van der Waals surface area contributed by atoms with Crippen LogP contribution in [0.1, 0.15) is 12.5 Å². The molecule has 2 aromatic carbocycles. The zero-order valence-corrected chi connectivity index (χ0v) is 13.2. The van der Waals surface area contributed by atoms with Crippen molar-refractivity contribution in [2.24, 2.45) is 0 Å². The fourth-order valence-electron chi connectivity index (χ4n) is 1.85. The average molecular weight is 352 g/mol. The van der Waals surface area contributed by atoms with Crippen LogP contribution in [0.25, 0.3) is 0 Å². The smallest absolute Gasteiger partial charge is 0.312 e. The van der Waals surface area contributed by atoms with E-state index in [4.69, 9.17) is 9.47 Å². The van der Waals surface area contributed by atoms with Crippen molar-refractivity contribution < 1.29 is 14.4 Å². The molecule has 0 heterocycles. The Kier molecular flexibility index (Phi) is 4.80. The topological polar surface area (TPSA) is 61.6 Å². The van der Waals surface area contributed by atoms with Gasteiger partial charge in [-0.2, -0.15) is 0 Å². The molecular formula is C15H14BrNO4. The number of benzene rings is 2. The first-order chi connectivity index (χ1) is 10.0. The minimum absolute atomic E-state index is 0.106. The molecular weight excluding hydrogens is 338 g/mol. The highest BCUT2D eigenvalue weighted by Crippen LogP contribution is 2.37. The summed E-state index contributed by atoms with van der Waals surface area (Å²) in [6.07, 6.45) is 0.870. The SMILES string of the molecule is CCc1ccc(Oc2ccc(Br)cc2[N+](=O)[O-])c(OC)c1. The first kappa shape index (κ1) is 15.3. The lowest BCUT2D eigenvalue weighted by molar-refractivity contribution is -0.385. The molecule has 0 fully saturated rings. The number of ether oxygens (including phenoxy) is 2. The van der Waals surface area contributed by atoms with Gasteiger partial charge in [-0.1, -0.05) is 28.9 Å². The normalized spacial score (nSPS) is 10.2. The summed E-state index contributed by atoms with van der Waals surface area (Å²) in [5, 5.41) is 11.1. The standard InChI is InChI=1S/C15H14BrNO4/c1-3-10-4-6-14(15(8-10)20-2)21-13-7-5-11(16)9-12(13)17(18)19/h4-9H,3H2,1-2H3. The van der Waals surface area contributed by atoms with Gasteiger partial charge in [0.2, 0.25) is 5.75 Å². The van der Waals surface area contributed by atoms with Crippen LogP contribution in [0.4, 0.5) is 5.69 Å². The van der Waals surface area contributed by atoms with Gasteiger partial charge >= 0.3 is 5.69 Å². The molecule has 0 saturated heterocycles. The van der Waals surface area contributed by atoms with Gasteiger partial charge in [-0.05, 0) is 36.2 Å². The molecule has 0 unspecified atom stereocenters. The van der Waals surface area contributed by atoms with E-state index in [0.717, 1.165) is 12.0 Å². The molecule has 0 aliphatic rings. The minimum atomic E-state index is -0.479. The maximum absolute atomic E-state index is 11.1. The van der Waals surface area contributed by atoms with Crippen LogP contribution >= 0.6 is 15.9 Å². The van der Waals surface area contributed by atoms with Crippen molar-refractivity contribution >= 4 is 21.6 Å². The van der Waals surface area contributed by atoms with E-state index in [1.807, 2.05) is 19.1 Å². The molecule has 0 radical (unpaired) electrons. The summed E-state index contributed by atoms with van der Waals surface area (Å²) in [6, 6.07) is 10.2. The van der Waals surface area contributed by atoms with E-state index in [9.17, 15) is 10.1 Å². The highest BCUT2D eigenvalue weighted by molar-refractivity contribution is 9.10. The Bertz CT molecular complexity index is 673. The van der Waals surface area contributed by atoms with Crippen molar-refractivity contribution in [3.8, 4) is 17.2 Å². The fourth-order valence-corrected chi connectivity index (χ4v) is 2.20. The third kappa shape index (κ3) is 3.52. The van der Waals surface area contributed by atoms with Crippen molar-refractivity contribution in [2.75, 3.05) is 7.11 Å². The first-order valence-corrected chi connectivity index (χ1v) is 7.13. The lowest BCUT2D eigenvalue weighted by atomic mass is 10.1. The Morgan fingerprint density at radius 3 is 2.48 bits per heavy atom. The molecule has 0 aromatic heterocycles. The lowest BCUT2D eigenvalue weighted by Crippen LogP contribution is -1.96. The molecule has 0 N–H and O–H groups in total. The third-order valence-corrected chi connectivity index (χ3v) is 3.47. The third-order valence-electron chi connectivity index (χ3n) is 2.97. The highest BCUT2D eigenvalue weighted by atomic mass is 79.9. The van der Waals surface area contributed by atoms with Crippen LogP contribution in [-0.2, 0) is 6.42 Å². The van der Waals surface area contributed by atoms with Crippen LogP contribution in [0.15, 0.2) is 40.9 Å². The zero-order valence-electron chi connectivity index (χ0n) is 11.6. The molecule has 0 spiro atoms. The first-order valence-electron chi connectivity index (χ1n) is 6.34. The summed E-state index contributed by atoms with van der Waals surface area (Å²) in [6.45, 7) is 2.04. The highest BCUT2D eigenvalue weighted by Gasteiger charge is 2.18. The van der Waals surface area contributed by atoms with Crippen LogP contribution in [0, 0.1) is 10.1 Å². The van der Waals surface area contributed by atoms with E-state index >= 15 is 0 Å². The van der Waals surface area contributed by atoms with E-state index in [1.165, 1.54) is 13.2 Å². The molecule has 2 aromatic rings. The number of rotatable bonds is 5. The number of hydrogen-bond acceptors (Lipinski definition) is 4. The quantitative estimate of drug-likeness (QED) is 0.577. The van der Waals surface area contributed by atoms with Crippen molar-refractivity contribution in [3.05, 3.63) is 56.5 Å². The van der Waals surface area contributed by atoms with Gasteiger partial charge < -0.3 is 9.47 Å². The van der Waals surface area contributed by atoms with Gasteiger partial charge in [0.05, 0.1) is 12.0 Å². The summed E-state index contributed by atoms with van der Waals surface area (Å²) in [7, 11) is 1.54. The molecule has 0 aliphatic heterocycles. The maximum atomic E-state index is 11.1. The molecule has 0 aliphatic carbocycles. The summed E-state index contributed by atoms with van der Waals surface area (Å²) in [5.41, 5.74) is 0.996. The Morgan fingerprint density at radius 2 is 1.86 bits per heavy atom. The van der Waals surface area contributed by atoms with Gasteiger partial charge in [-0.3, -0.25) is 10.1 Å². The van der Waals surface area contributed by atoms with Gasteiger partial charge in [0, 0.05) is 10.5 Å². The number of methoxy groups -OCH3 is 1. The second-order valence-corrected chi connectivity index (χ2v) is 5.23. The fraction of sp³-hybridized carbons (Fsp3) is 0.200. The predicted octanol–water partition coefficient (Wildman–Crippen LogP) is 4.72. The number of aryl methyl sites for hydroxylation is 1. The van der Waals surface area contributed by atoms with E-state index in [-0.39, 0.29) is 11.4 Å². The molecule has 110 valence electrons. The monoisotopic (exact) mass is 351 g/mol. The van der Waals surface area contributed by atoms with Gasteiger partial charge in [-0.25, -0.2) is 0 Å². The van der Waals surface area contributed by atoms with Crippen LogP contribution in [0.2, 0.25) is 0 Å². The van der Waals surface area contributed by atoms with E-state index < -0.39 is 4.92 Å². The number of halogens is 1. The van der Waals surface area contributed by atoms with Gasteiger partial charge in [0.1, 0.15) is 0 Å². The molecule has 6 heteroatoms. The minimum Gasteiger partial charge on any atom is -0.493 e. The molecule has 0 bridgehead atoms. The van der Waals surface area contributed by atoms with E-state index in [1.54, 1.807) is 18.2 Å². The van der Waals surface area contributed by atoms with Crippen LogP contribution in [0.5, 0.6) is 17.2 Å². The molecule has 21 heavy (non-hydrogen) atoms. The number of nitrogens with zero attached hydrogens (tertiary/aromatic N) is 1. The van der Waals surface area contributed by atoms with Crippen LogP contribution < -0.4 is 9.47 Å². The summed E-state index contributed by atoms with van der Waals surface area (Å²) < 4.78 is 11.6. The van der Waals surface area contributed by atoms with E-state index in [2.05, 4.69) is 15.9 Å². The Balaban J connectivity index is 2.40. The van der Waals surface area contributed by atoms with E-state index in [0.29, 0.717) is 16.0 Å². The molecule has 2 rings (SSSR count). The second kappa shape index (κ2) is 6.58. The summed E-state index contributed by atoms with van der Waals surface area (Å²) >= 11 is 3.21. The van der Waals surface area contributed by atoms with Crippen LogP contribution in [-0.4, -0.2) is 12.0 Å². The number of hydrogen-bond donors (Lipinski definition) is 0. The van der Waals surface area contributed by atoms with Crippen molar-refractivity contribution in [1.82, 2.24) is 0 Å². The largest absolute Gasteiger partial charge is 0.493 e. The second-order valence-electron chi connectivity index (χ2n) is 4.31. The predicted molar refractivity (Wildman–Crippen MR) is 83.2 cm³/mol. The van der Waals surface area contributed by atoms with Gasteiger partial charge in [0.25, 0.3) is 0 Å². The van der Waals surface area contributed by atoms with Crippen molar-refractivity contribution in [2.45, 2.75) is 13.3 Å². The Morgan fingerprint density at radius 1 is 1.14 bits per heavy atom. The average Bonchev–Trinajstić information content (AvgIpc) is 2.49. The lowest BCUT2D eigenvalue weighted by Gasteiger charge is -2.11. The van der Waals surface area contributed by atoms with Gasteiger partial charge in [0.15, 0.2) is 11.5 Å². The van der Waals surface area contributed by atoms with Gasteiger partial charge in [-0.15, -0.1) is 0 Å². The number of nitro groups is 1. The van der Waals surface area contributed by atoms with Crippen molar-refractivity contribution in [1.29, 1.82) is 0 Å². The Hall–Kier alpha value is -2.08. The maximum Gasteiger partial charge on any atom is 0.312 e. The molecule has 0 amide bonds. The zero-order chi connectivity index (χ0) is 15.4. The molecule has 0 atom stereocenters. The van der Waals surface area contributed by atoms with Crippen LogP contribution in [0.3, 0.4) is 0 Å². The molecule has 5 nitrogen and oxygen atoms in total.